The quantitative estimate of drug-likeness (QED) is 0.697. The maximum atomic E-state index is 12.1. The zero-order chi connectivity index (χ0) is 20.4. The summed E-state index contributed by atoms with van der Waals surface area (Å²) in [6.45, 7) is -0.0180. The molecule has 1 unspecified atom stereocenters. The largest absolute Gasteiger partial charge is 0.471 e. The molecule has 1 aliphatic carbocycles. The molecule has 1 aliphatic rings. The van der Waals surface area contributed by atoms with Gasteiger partial charge in [-0.1, -0.05) is 36.6 Å². The van der Waals surface area contributed by atoms with Crippen molar-refractivity contribution in [2.75, 3.05) is 6.61 Å². The van der Waals surface area contributed by atoms with Gasteiger partial charge in [0.15, 0.2) is 0 Å². The second-order valence-corrected chi connectivity index (χ2v) is 6.49. The van der Waals surface area contributed by atoms with Crippen LogP contribution in [0.2, 0.25) is 0 Å². The average molecular weight is 396 g/mol. The molecule has 0 aliphatic heterocycles. The summed E-state index contributed by atoms with van der Waals surface area (Å²) in [7, 11) is 0. The lowest BCUT2D eigenvalue weighted by Crippen LogP contribution is -2.36. The summed E-state index contributed by atoms with van der Waals surface area (Å²) in [5.41, 5.74) is 1.31. The smallest absolute Gasteiger partial charge is 0.356 e. The Morgan fingerprint density at radius 1 is 1.04 bits per heavy atom. The van der Waals surface area contributed by atoms with E-state index in [0.717, 1.165) is 37.7 Å². The molecular formula is C20H23F3N2O3. The van der Waals surface area contributed by atoms with Gasteiger partial charge in [0.25, 0.3) is 0 Å². The zero-order valence-electron chi connectivity index (χ0n) is 15.4. The summed E-state index contributed by atoms with van der Waals surface area (Å²) in [4.78, 5) is 22.7. The topological polar surface area (TPSA) is 67.4 Å². The summed E-state index contributed by atoms with van der Waals surface area (Å²) in [5.74, 6) is 3.85. The minimum absolute atomic E-state index is 0.0685. The third-order valence-corrected chi connectivity index (χ3v) is 4.17. The third kappa shape index (κ3) is 8.01. The van der Waals surface area contributed by atoms with Gasteiger partial charge >= 0.3 is 12.1 Å². The van der Waals surface area contributed by atoms with Gasteiger partial charge < -0.3 is 15.4 Å². The first-order valence-corrected chi connectivity index (χ1v) is 9.14. The van der Waals surface area contributed by atoms with E-state index in [0.29, 0.717) is 5.56 Å². The highest BCUT2D eigenvalue weighted by Crippen LogP contribution is 2.14. The van der Waals surface area contributed by atoms with Gasteiger partial charge in [0.1, 0.15) is 12.7 Å². The lowest BCUT2D eigenvalue weighted by molar-refractivity contribution is -0.173. The average Bonchev–Trinajstić information content (AvgIpc) is 2.63. The van der Waals surface area contributed by atoms with E-state index in [1.165, 1.54) is 0 Å². The molecule has 152 valence electrons. The summed E-state index contributed by atoms with van der Waals surface area (Å²) < 4.78 is 42.0. The number of ether oxygens (including phenoxy) is 1. The number of hydrogen-bond donors (Lipinski definition) is 2. The van der Waals surface area contributed by atoms with Crippen molar-refractivity contribution in [3.8, 4) is 11.8 Å². The molecule has 2 rings (SSSR count). The maximum Gasteiger partial charge on any atom is 0.471 e. The summed E-state index contributed by atoms with van der Waals surface area (Å²) in [6.07, 6.45) is -0.152. The molecule has 5 nitrogen and oxygen atoms in total. The molecule has 1 atom stereocenters. The first-order valence-electron chi connectivity index (χ1n) is 9.14. The molecular weight excluding hydrogens is 373 g/mol. The maximum absolute atomic E-state index is 12.1. The number of carbonyl (C=O) groups is 2. The van der Waals surface area contributed by atoms with Crippen LogP contribution < -0.4 is 10.6 Å². The van der Waals surface area contributed by atoms with E-state index in [4.69, 9.17) is 4.74 Å². The number of halogens is 3. The van der Waals surface area contributed by atoms with Crippen LogP contribution in [-0.4, -0.2) is 30.7 Å². The monoisotopic (exact) mass is 396 g/mol. The van der Waals surface area contributed by atoms with Crippen LogP contribution >= 0.6 is 0 Å². The van der Waals surface area contributed by atoms with Crippen molar-refractivity contribution in [1.29, 1.82) is 0 Å². The molecule has 28 heavy (non-hydrogen) atoms. The standard InChI is InChI=1S/C20H23F3N2O3/c21-20(22,23)19(27)25-13-16-10-8-15(9-11-16)12-24-18(26)14-28-17-6-4-2-1-3-5-7-17/h8-11,17H,1-4,6,12-14H2,(H,24,26)(H,25,27). The first kappa shape index (κ1) is 21.8. The van der Waals surface area contributed by atoms with Crippen molar-refractivity contribution >= 4 is 11.8 Å². The molecule has 2 amide bonds. The van der Waals surface area contributed by atoms with Gasteiger partial charge in [-0.15, -0.1) is 5.92 Å². The van der Waals surface area contributed by atoms with Crippen molar-refractivity contribution in [3.63, 3.8) is 0 Å². The molecule has 0 saturated heterocycles. The van der Waals surface area contributed by atoms with Crippen LogP contribution in [0.15, 0.2) is 24.3 Å². The Hall–Kier alpha value is -2.53. The van der Waals surface area contributed by atoms with Crippen LogP contribution in [0.4, 0.5) is 13.2 Å². The van der Waals surface area contributed by atoms with E-state index in [1.54, 1.807) is 29.6 Å². The fraction of sp³-hybridized carbons (Fsp3) is 0.500. The number of hydrogen-bond acceptors (Lipinski definition) is 3. The molecule has 2 N–H and O–H groups in total. The third-order valence-electron chi connectivity index (χ3n) is 4.17. The second kappa shape index (κ2) is 10.7. The van der Waals surface area contributed by atoms with Gasteiger partial charge in [0.05, 0.1) is 0 Å². The highest BCUT2D eigenvalue weighted by molar-refractivity contribution is 5.81. The van der Waals surface area contributed by atoms with Gasteiger partial charge in [-0.05, 0) is 30.4 Å². The van der Waals surface area contributed by atoms with Crippen molar-refractivity contribution < 1.29 is 27.5 Å². The van der Waals surface area contributed by atoms with Crippen molar-refractivity contribution in [2.45, 2.75) is 57.5 Å². The highest BCUT2D eigenvalue weighted by Gasteiger charge is 2.38. The van der Waals surface area contributed by atoms with Crippen LogP contribution in [0, 0.1) is 11.8 Å². The fourth-order valence-electron chi connectivity index (χ4n) is 2.59. The molecule has 1 aromatic carbocycles. The predicted octanol–water partition coefficient (Wildman–Crippen LogP) is 2.83. The van der Waals surface area contributed by atoms with Gasteiger partial charge in [-0.3, -0.25) is 9.59 Å². The van der Waals surface area contributed by atoms with Crippen LogP contribution in [0.3, 0.4) is 0 Å². The Morgan fingerprint density at radius 2 is 1.68 bits per heavy atom. The van der Waals surface area contributed by atoms with Crippen molar-refractivity contribution in [2.24, 2.45) is 0 Å². The Bertz CT molecular complexity index is 721. The molecule has 8 heteroatoms. The first-order chi connectivity index (χ1) is 13.3. The van der Waals surface area contributed by atoms with E-state index < -0.39 is 12.1 Å². The van der Waals surface area contributed by atoms with Crippen LogP contribution in [0.1, 0.15) is 43.2 Å². The number of benzene rings is 1. The van der Waals surface area contributed by atoms with Gasteiger partial charge in [-0.25, -0.2) is 0 Å². The number of carbonyl (C=O) groups excluding carboxylic acids is 2. The molecule has 0 radical (unpaired) electrons. The minimum Gasteiger partial charge on any atom is -0.356 e. The number of nitrogens with one attached hydrogen (secondary N) is 2. The van der Waals surface area contributed by atoms with Crippen LogP contribution in [-0.2, 0) is 27.4 Å². The summed E-state index contributed by atoms with van der Waals surface area (Å²) in [5, 5.41) is 4.53. The van der Waals surface area contributed by atoms with Gasteiger partial charge in [-0.2, -0.15) is 13.2 Å². The van der Waals surface area contributed by atoms with E-state index >= 15 is 0 Å². The van der Waals surface area contributed by atoms with Crippen molar-refractivity contribution in [1.82, 2.24) is 10.6 Å². The second-order valence-electron chi connectivity index (χ2n) is 6.49. The van der Waals surface area contributed by atoms with E-state index in [1.807, 2.05) is 0 Å². The lowest BCUT2D eigenvalue weighted by Gasteiger charge is -2.14. The Balaban J connectivity index is 1.70. The lowest BCUT2D eigenvalue weighted by atomic mass is 10.1. The minimum atomic E-state index is -4.89. The molecule has 1 aromatic rings. The van der Waals surface area contributed by atoms with Gasteiger partial charge in [0, 0.05) is 19.5 Å². The van der Waals surface area contributed by atoms with Crippen LogP contribution in [0.25, 0.3) is 0 Å². The van der Waals surface area contributed by atoms with E-state index in [9.17, 15) is 22.8 Å². The Kier molecular flexibility index (Phi) is 8.33. The van der Waals surface area contributed by atoms with Gasteiger partial charge in [0.2, 0.25) is 5.91 Å². The normalized spacial score (nSPS) is 16.9. The fourth-order valence-corrected chi connectivity index (χ4v) is 2.59. The summed E-state index contributed by atoms with van der Waals surface area (Å²) in [6, 6.07) is 6.55. The summed E-state index contributed by atoms with van der Waals surface area (Å²) >= 11 is 0. The predicted molar refractivity (Wildman–Crippen MR) is 96.8 cm³/mol. The number of amides is 2. The molecule has 0 fully saturated rings. The van der Waals surface area contributed by atoms with E-state index in [2.05, 4.69) is 17.2 Å². The molecule has 0 saturated carbocycles. The Morgan fingerprint density at radius 3 is 2.32 bits per heavy atom. The molecule has 0 spiro atoms. The zero-order valence-corrected chi connectivity index (χ0v) is 15.4. The molecule has 0 heterocycles. The number of alkyl halides is 3. The molecule has 0 bridgehead atoms. The van der Waals surface area contributed by atoms with Crippen LogP contribution in [0.5, 0.6) is 0 Å². The van der Waals surface area contributed by atoms with E-state index in [-0.39, 0.29) is 31.7 Å². The molecule has 0 aromatic heterocycles. The van der Waals surface area contributed by atoms with Crippen molar-refractivity contribution in [3.05, 3.63) is 35.4 Å². The SMILES string of the molecule is O=C(COC1C#CCCCCC1)NCc1ccc(CNC(=O)C(F)(F)F)cc1. The number of rotatable bonds is 7. The Labute approximate surface area is 162 Å². The highest BCUT2D eigenvalue weighted by atomic mass is 19.4.